The van der Waals surface area contributed by atoms with Gasteiger partial charge in [0, 0.05) is 5.56 Å². The highest BCUT2D eigenvalue weighted by atomic mass is 32.2. The van der Waals surface area contributed by atoms with E-state index >= 15 is 0 Å². The van der Waals surface area contributed by atoms with Gasteiger partial charge in [0.25, 0.3) is 20.2 Å². The lowest BCUT2D eigenvalue weighted by molar-refractivity contribution is 0.355. The molecule has 2 aromatic carbocycles. The summed E-state index contributed by atoms with van der Waals surface area (Å²) in [4.78, 5) is -1.13. The summed E-state index contributed by atoms with van der Waals surface area (Å²) in [6.07, 6.45) is 0. The predicted octanol–water partition coefficient (Wildman–Crippen LogP) is 1.86. The maximum Gasteiger partial charge on any atom is 0.295 e. The molecule has 0 bridgehead atoms. The zero-order chi connectivity index (χ0) is 18.1. The molecule has 0 aliphatic carbocycles. The van der Waals surface area contributed by atoms with Crippen LogP contribution in [0, 0.1) is 0 Å². The second-order valence-electron chi connectivity index (χ2n) is 4.62. The van der Waals surface area contributed by atoms with Crippen molar-refractivity contribution in [2.24, 2.45) is 0 Å². The molecule has 10 heteroatoms. The Kier molecular flexibility index (Phi) is 4.85. The molecule has 8 nitrogen and oxygen atoms in total. The van der Waals surface area contributed by atoms with E-state index in [1.807, 2.05) is 0 Å². The van der Waals surface area contributed by atoms with E-state index in [1.165, 1.54) is 38.5 Å². The van der Waals surface area contributed by atoms with Crippen LogP contribution in [0.5, 0.6) is 11.5 Å². The van der Waals surface area contributed by atoms with Crippen molar-refractivity contribution in [1.29, 1.82) is 0 Å². The molecular weight excluding hydrogens is 360 g/mol. The van der Waals surface area contributed by atoms with Gasteiger partial charge >= 0.3 is 0 Å². The minimum atomic E-state index is -4.71. The Morgan fingerprint density at radius 3 is 1.88 bits per heavy atom. The lowest BCUT2D eigenvalue weighted by Crippen LogP contribution is -2.07. The summed E-state index contributed by atoms with van der Waals surface area (Å²) in [7, 11) is -6.84. The van der Waals surface area contributed by atoms with Gasteiger partial charge < -0.3 is 9.47 Å². The molecular formula is C14H14O8S2. The standard InChI is InChI=1S/C14H14O8S2/c1-21-10-7-8-12(24(18,19)20)13(14(10)22-2)9-5-3-4-6-11(9)23(15,16)17/h3-8H,1-2H3,(H,15,16,17)(H,18,19,20). The predicted molar refractivity (Wildman–Crippen MR) is 84.6 cm³/mol. The molecule has 130 valence electrons. The zero-order valence-electron chi connectivity index (χ0n) is 12.6. The first-order valence-electron chi connectivity index (χ1n) is 6.40. The molecule has 2 N–H and O–H groups in total. The molecule has 0 unspecified atom stereocenters. The first-order valence-corrected chi connectivity index (χ1v) is 9.28. The molecule has 24 heavy (non-hydrogen) atoms. The maximum atomic E-state index is 11.7. The van der Waals surface area contributed by atoms with Gasteiger partial charge in [-0.05, 0) is 18.2 Å². The number of benzene rings is 2. The average molecular weight is 374 g/mol. The van der Waals surface area contributed by atoms with Gasteiger partial charge in [-0.2, -0.15) is 16.8 Å². The van der Waals surface area contributed by atoms with Gasteiger partial charge in [-0.1, -0.05) is 18.2 Å². The zero-order valence-corrected chi connectivity index (χ0v) is 14.3. The van der Waals surface area contributed by atoms with Crippen LogP contribution in [0.3, 0.4) is 0 Å². The van der Waals surface area contributed by atoms with Gasteiger partial charge in [0.15, 0.2) is 11.5 Å². The van der Waals surface area contributed by atoms with Crippen molar-refractivity contribution in [1.82, 2.24) is 0 Å². The van der Waals surface area contributed by atoms with Crippen LogP contribution in [0.4, 0.5) is 0 Å². The Morgan fingerprint density at radius 1 is 0.792 bits per heavy atom. The molecule has 0 heterocycles. The fraction of sp³-hybridized carbons (Fsp3) is 0.143. The SMILES string of the molecule is COc1ccc(S(=O)(=O)O)c(-c2ccccc2S(=O)(=O)O)c1OC. The van der Waals surface area contributed by atoms with Crippen LogP contribution in [0.2, 0.25) is 0 Å². The van der Waals surface area contributed by atoms with Crippen molar-refractivity contribution >= 4 is 20.2 Å². The summed E-state index contributed by atoms with van der Waals surface area (Å²) >= 11 is 0. The molecule has 0 fully saturated rings. The largest absolute Gasteiger partial charge is 0.493 e. The van der Waals surface area contributed by atoms with E-state index in [-0.39, 0.29) is 22.6 Å². The monoisotopic (exact) mass is 374 g/mol. The van der Waals surface area contributed by atoms with Gasteiger partial charge in [0.1, 0.15) is 9.79 Å². The summed E-state index contributed by atoms with van der Waals surface area (Å²) in [5.41, 5.74) is -0.407. The van der Waals surface area contributed by atoms with E-state index in [2.05, 4.69) is 0 Å². The van der Waals surface area contributed by atoms with Crippen LogP contribution in [-0.4, -0.2) is 40.2 Å². The van der Waals surface area contributed by atoms with Crippen LogP contribution >= 0.6 is 0 Å². The van der Waals surface area contributed by atoms with Crippen LogP contribution < -0.4 is 9.47 Å². The van der Waals surface area contributed by atoms with E-state index in [9.17, 15) is 25.9 Å². The second-order valence-corrected chi connectivity index (χ2v) is 7.40. The number of hydrogen-bond acceptors (Lipinski definition) is 6. The van der Waals surface area contributed by atoms with E-state index in [1.54, 1.807) is 0 Å². The third-order valence-electron chi connectivity index (χ3n) is 3.22. The fourth-order valence-corrected chi connectivity index (χ4v) is 3.68. The minimum Gasteiger partial charge on any atom is -0.493 e. The highest BCUT2D eigenvalue weighted by molar-refractivity contribution is 7.86. The van der Waals surface area contributed by atoms with Crippen molar-refractivity contribution in [3.8, 4) is 22.6 Å². The molecule has 2 rings (SSSR count). The van der Waals surface area contributed by atoms with Gasteiger partial charge in [-0.15, -0.1) is 0 Å². The fourth-order valence-electron chi connectivity index (χ4n) is 2.28. The summed E-state index contributed by atoms with van der Waals surface area (Å²) in [6.45, 7) is 0. The van der Waals surface area contributed by atoms with Crippen molar-refractivity contribution in [2.75, 3.05) is 14.2 Å². The van der Waals surface area contributed by atoms with Crippen LogP contribution in [0.25, 0.3) is 11.1 Å². The van der Waals surface area contributed by atoms with Gasteiger partial charge in [-0.3, -0.25) is 9.11 Å². The molecule has 0 atom stereocenters. The first-order chi connectivity index (χ1) is 11.1. The molecule has 0 amide bonds. The Labute approximate surface area is 139 Å². The van der Waals surface area contributed by atoms with E-state index < -0.39 is 30.0 Å². The topological polar surface area (TPSA) is 127 Å². The minimum absolute atomic E-state index is 0.108. The Hall–Kier alpha value is -2.14. The summed E-state index contributed by atoms with van der Waals surface area (Å²) in [5, 5.41) is 0. The summed E-state index contributed by atoms with van der Waals surface area (Å²) in [5.74, 6) is 0.00812. The van der Waals surface area contributed by atoms with Crippen molar-refractivity contribution in [3.63, 3.8) is 0 Å². The average Bonchev–Trinajstić information content (AvgIpc) is 2.51. The first kappa shape index (κ1) is 18.2. The maximum absolute atomic E-state index is 11.7. The highest BCUT2D eigenvalue weighted by Crippen LogP contribution is 2.44. The molecule has 2 aromatic rings. The van der Waals surface area contributed by atoms with Crippen LogP contribution in [0.15, 0.2) is 46.2 Å². The van der Waals surface area contributed by atoms with Crippen LogP contribution in [0.1, 0.15) is 0 Å². The third kappa shape index (κ3) is 3.36. The summed E-state index contributed by atoms with van der Waals surface area (Å²) < 4.78 is 75.7. The van der Waals surface area contributed by atoms with E-state index in [0.717, 1.165) is 12.1 Å². The van der Waals surface area contributed by atoms with Crippen molar-refractivity contribution in [3.05, 3.63) is 36.4 Å². The molecule has 0 saturated carbocycles. The smallest absolute Gasteiger partial charge is 0.295 e. The molecule has 0 radical (unpaired) electrons. The lowest BCUT2D eigenvalue weighted by atomic mass is 10.0. The Bertz CT molecular complexity index is 978. The Balaban J connectivity index is 3.04. The number of hydrogen-bond donors (Lipinski definition) is 2. The lowest BCUT2D eigenvalue weighted by Gasteiger charge is -2.17. The molecule has 0 saturated heterocycles. The van der Waals surface area contributed by atoms with Gasteiger partial charge in [0.2, 0.25) is 0 Å². The van der Waals surface area contributed by atoms with E-state index in [4.69, 9.17) is 9.47 Å². The van der Waals surface area contributed by atoms with Gasteiger partial charge in [0.05, 0.1) is 19.8 Å². The van der Waals surface area contributed by atoms with Crippen molar-refractivity contribution in [2.45, 2.75) is 9.79 Å². The van der Waals surface area contributed by atoms with E-state index in [0.29, 0.717) is 0 Å². The Morgan fingerprint density at radius 2 is 1.38 bits per heavy atom. The normalized spacial score (nSPS) is 12.0. The molecule has 0 aliphatic heterocycles. The third-order valence-corrected chi connectivity index (χ3v) is 5.03. The number of ether oxygens (including phenoxy) is 2. The highest BCUT2D eigenvalue weighted by Gasteiger charge is 2.28. The molecule has 0 spiro atoms. The van der Waals surface area contributed by atoms with Crippen molar-refractivity contribution < 1.29 is 35.4 Å². The number of methoxy groups -OCH3 is 2. The summed E-state index contributed by atoms with van der Waals surface area (Å²) in [6, 6.07) is 7.46. The van der Waals surface area contributed by atoms with Gasteiger partial charge in [-0.25, -0.2) is 0 Å². The second kappa shape index (κ2) is 6.40. The van der Waals surface area contributed by atoms with Crippen LogP contribution in [-0.2, 0) is 20.2 Å². The number of rotatable bonds is 5. The molecule has 0 aliphatic rings. The quantitative estimate of drug-likeness (QED) is 0.759. The molecule has 0 aromatic heterocycles.